The lowest BCUT2D eigenvalue weighted by atomic mass is 9.92. The van der Waals surface area contributed by atoms with Gasteiger partial charge in [-0.15, -0.1) is 0 Å². The molecule has 0 saturated heterocycles. The van der Waals surface area contributed by atoms with Crippen molar-refractivity contribution in [1.29, 1.82) is 0 Å². The van der Waals surface area contributed by atoms with Gasteiger partial charge in [0.1, 0.15) is 5.82 Å². The first-order valence-electron chi connectivity index (χ1n) is 6.48. The van der Waals surface area contributed by atoms with Gasteiger partial charge in [-0.05, 0) is 49.1 Å². The van der Waals surface area contributed by atoms with Gasteiger partial charge < -0.3 is 5.73 Å². The highest BCUT2D eigenvalue weighted by molar-refractivity contribution is 6.31. The minimum atomic E-state index is -0.282. The Labute approximate surface area is 128 Å². The van der Waals surface area contributed by atoms with Gasteiger partial charge in [-0.2, -0.15) is 0 Å². The highest BCUT2D eigenvalue weighted by Gasteiger charge is 2.15. The standard InChI is InChI=1S/C16H16Cl2FN/c17-14-5-2-1-4-12(14)8-11(10-20)9-13-15(18)6-3-7-16(13)19/h1-7,11H,8-10,20H2. The van der Waals surface area contributed by atoms with E-state index in [1.54, 1.807) is 12.1 Å². The molecule has 2 N–H and O–H groups in total. The smallest absolute Gasteiger partial charge is 0.127 e. The molecule has 2 aromatic rings. The van der Waals surface area contributed by atoms with Gasteiger partial charge in [0, 0.05) is 15.6 Å². The lowest BCUT2D eigenvalue weighted by Crippen LogP contribution is -2.20. The molecule has 1 atom stereocenters. The van der Waals surface area contributed by atoms with Crippen LogP contribution >= 0.6 is 23.2 Å². The van der Waals surface area contributed by atoms with E-state index in [2.05, 4.69) is 0 Å². The molecule has 2 rings (SSSR count). The van der Waals surface area contributed by atoms with E-state index in [4.69, 9.17) is 28.9 Å². The normalized spacial score (nSPS) is 12.4. The molecule has 0 aromatic heterocycles. The van der Waals surface area contributed by atoms with E-state index in [0.717, 1.165) is 5.56 Å². The average molecular weight is 312 g/mol. The van der Waals surface area contributed by atoms with E-state index in [-0.39, 0.29) is 11.7 Å². The molecule has 0 radical (unpaired) electrons. The SMILES string of the molecule is NCC(Cc1ccccc1Cl)Cc1c(F)cccc1Cl. The van der Waals surface area contributed by atoms with Crippen LogP contribution in [-0.2, 0) is 12.8 Å². The van der Waals surface area contributed by atoms with Crippen molar-refractivity contribution in [2.45, 2.75) is 12.8 Å². The molecule has 106 valence electrons. The van der Waals surface area contributed by atoms with Crippen LogP contribution in [0.25, 0.3) is 0 Å². The van der Waals surface area contributed by atoms with E-state index in [0.29, 0.717) is 35.0 Å². The van der Waals surface area contributed by atoms with Crippen molar-refractivity contribution in [1.82, 2.24) is 0 Å². The van der Waals surface area contributed by atoms with Crippen molar-refractivity contribution in [2.24, 2.45) is 11.7 Å². The van der Waals surface area contributed by atoms with Gasteiger partial charge >= 0.3 is 0 Å². The summed E-state index contributed by atoms with van der Waals surface area (Å²) >= 11 is 12.2. The topological polar surface area (TPSA) is 26.0 Å². The molecule has 0 aliphatic carbocycles. The van der Waals surface area contributed by atoms with Crippen molar-refractivity contribution < 1.29 is 4.39 Å². The minimum absolute atomic E-state index is 0.101. The third kappa shape index (κ3) is 3.72. The van der Waals surface area contributed by atoms with Crippen LogP contribution in [0.5, 0.6) is 0 Å². The van der Waals surface area contributed by atoms with E-state index in [1.165, 1.54) is 6.07 Å². The molecule has 0 bridgehead atoms. The maximum absolute atomic E-state index is 13.8. The molecular formula is C16H16Cl2FN. The first kappa shape index (κ1) is 15.3. The van der Waals surface area contributed by atoms with Gasteiger partial charge in [0.15, 0.2) is 0 Å². The van der Waals surface area contributed by atoms with Crippen LogP contribution in [0.4, 0.5) is 4.39 Å². The van der Waals surface area contributed by atoms with E-state index in [1.807, 2.05) is 24.3 Å². The molecule has 4 heteroatoms. The molecule has 20 heavy (non-hydrogen) atoms. The van der Waals surface area contributed by atoms with Gasteiger partial charge in [0.2, 0.25) is 0 Å². The lowest BCUT2D eigenvalue weighted by Gasteiger charge is -2.17. The van der Waals surface area contributed by atoms with Crippen molar-refractivity contribution in [3.05, 3.63) is 69.5 Å². The second-order valence-corrected chi connectivity index (χ2v) is 5.62. The molecule has 0 aliphatic rings. The van der Waals surface area contributed by atoms with E-state index < -0.39 is 0 Å². The van der Waals surface area contributed by atoms with Crippen molar-refractivity contribution in [2.75, 3.05) is 6.54 Å². The maximum Gasteiger partial charge on any atom is 0.127 e. The molecule has 0 saturated carbocycles. The Morgan fingerprint density at radius 3 is 2.30 bits per heavy atom. The number of nitrogens with two attached hydrogens (primary N) is 1. The molecule has 0 amide bonds. The van der Waals surface area contributed by atoms with Crippen LogP contribution < -0.4 is 5.73 Å². The zero-order chi connectivity index (χ0) is 14.5. The van der Waals surface area contributed by atoms with Crippen LogP contribution in [0, 0.1) is 11.7 Å². The molecule has 0 fully saturated rings. The Morgan fingerprint density at radius 2 is 1.65 bits per heavy atom. The summed E-state index contributed by atoms with van der Waals surface area (Å²) in [4.78, 5) is 0. The summed E-state index contributed by atoms with van der Waals surface area (Å²) in [5.41, 5.74) is 7.36. The van der Waals surface area contributed by atoms with Gasteiger partial charge in [-0.25, -0.2) is 4.39 Å². The van der Waals surface area contributed by atoms with E-state index in [9.17, 15) is 4.39 Å². The molecular weight excluding hydrogens is 296 g/mol. The highest BCUT2D eigenvalue weighted by Crippen LogP contribution is 2.25. The van der Waals surface area contributed by atoms with E-state index >= 15 is 0 Å². The second-order valence-electron chi connectivity index (χ2n) is 4.80. The van der Waals surface area contributed by atoms with Crippen LogP contribution in [0.15, 0.2) is 42.5 Å². The Balaban J connectivity index is 2.16. The summed E-state index contributed by atoms with van der Waals surface area (Å²) in [6, 6.07) is 12.4. The summed E-state index contributed by atoms with van der Waals surface area (Å²) in [5, 5.41) is 1.16. The van der Waals surface area contributed by atoms with Gasteiger partial charge in [-0.3, -0.25) is 0 Å². The van der Waals surface area contributed by atoms with Crippen LogP contribution in [0.2, 0.25) is 10.0 Å². The van der Waals surface area contributed by atoms with Crippen LogP contribution in [0.3, 0.4) is 0 Å². The Bertz CT molecular complexity index is 566. The van der Waals surface area contributed by atoms with Gasteiger partial charge in [0.25, 0.3) is 0 Å². The fourth-order valence-corrected chi connectivity index (χ4v) is 2.68. The van der Waals surface area contributed by atoms with Crippen LogP contribution in [0.1, 0.15) is 11.1 Å². The summed E-state index contributed by atoms with van der Waals surface area (Å²) in [6.07, 6.45) is 1.22. The molecule has 2 aromatic carbocycles. The number of halogens is 3. The maximum atomic E-state index is 13.8. The predicted octanol–water partition coefficient (Wildman–Crippen LogP) is 4.49. The van der Waals surface area contributed by atoms with Gasteiger partial charge in [0.05, 0.1) is 0 Å². The molecule has 0 heterocycles. The molecule has 1 unspecified atom stereocenters. The third-order valence-electron chi connectivity index (χ3n) is 3.35. The lowest BCUT2D eigenvalue weighted by molar-refractivity contribution is 0.512. The zero-order valence-electron chi connectivity index (χ0n) is 11.0. The van der Waals surface area contributed by atoms with Crippen molar-refractivity contribution in [3.8, 4) is 0 Å². The zero-order valence-corrected chi connectivity index (χ0v) is 12.5. The summed E-state index contributed by atoms with van der Waals surface area (Å²) < 4.78 is 13.8. The average Bonchev–Trinajstić information content (AvgIpc) is 2.44. The first-order chi connectivity index (χ1) is 9.61. The number of hydrogen-bond acceptors (Lipinski definition) is 1. The highest BCUT2D eigenvalue weighted by atomic mass is 35.5. The monoisotopic (exact) mass is 311 g/mol. The van der Waals surface area contributed by atoms with Crippen LogP contribution in [-0.4, -0.2) is 6.54 Å². The number of benzene rings is 2. The Hall–Kier alpha value is -1.09. The second kappa shape index (κ2) is 7.07. The molecule has 1 nitrogen and oxygen atoms in total. The van der Waals surface area contributed by atoms with Crippen molar-refractivity contribution >= 4 is 23.2 Å². The fourth-order valence-electron chi connectivity index (χ4n) is 2.23. The Morgan fingerprint density at radius 1 is 0.950 bits per heavy atom. The quantitative estimate of drug-likeness (QED) is 0.865. The third-order valence-corrected chi connectivity index (χ3v) is 4.08. The first-order valence-corrected chi connectivity index (χ1v) is 7.23. The summed E-state index contributed by atoms with van der Waals surface area (Å²) in [7, 11) is 0. The van der Waals surface area contributed by atoms with Crippen molar-refractivity contribution in [3.63, 3.8) is 0 Å². The number of hydrogen-bond donors (Lipinski definition) is 1. The van der Waals surface area contributed by atoms with Gasteiger partial charge in [-0.1, -0.05) is 47.5 Å². The molecule has 0 spiro atoms. The minimum Gasteiger partial charge on any atom is -0.330 e. The summed E-state index contributed by atoms with van der Waals surface area (Å²) in [5.74, 6) is -0.181. The fraction of sp³-hybridized carbons (Fsp3) is 0.250. The summed E-state index contributed by atoms with van der Waals surface area (Å²) in [6.45, 7) is 0.454. The predicted molar refractivity (Wildman–Crippen MR) is 82.8 cm³/mol. The number of rotatable bonds is 5. The molecule has 0 aliphatic heterocycles. The largest absolute Gasteiger partial charge is 0.330 e. The Kier molecular flexibility index (Phi) is 5.41.